The number of rotatable bonds is 2. The van der Waals surface area contributed by atoms with Gasteiger partial charge in [0.25, 0.3) is 5.56 Å². The van der Waals surface area contributed by atoms with Gasteiger partial charge in [0.05, 0.1) is 16.1 Å². The number of fused-ring (bicyclic) bond motifs is 1. The molecule has 16 heavy (non-hydrogen) atoms. The number of nitrogens with zero attached hydrogens (tertiary/aromatic N) is 3. The lowest BCUT2D eigenvalue weighted by atomic mass is 10.3. The van der Waals surface area contributed by atoms with Crippen LogP contribution in [0, 0.1) is 0 Å². The van der Waals surface area contributed by atoms with Gasteiger partial charge in [-0.05, 0) is 29.8 Å². The van der Waals surface area contributed by atoms with Gasteiger partial charge in [0, 0.05) is 13.2 Å². The highest BCUT2D eigenvalue weighted by atomic mass is 79.9. The molecule has 0 saturated carbocycles. The molecule has 2 aromatic heterocycles. The van der Waals surface area contributed by atoms with Crippen molar-refractivity contribution in [1.29, 1.82) is 0 Å². The highest BCUT2D eigenvalue weighted by Gasteiger charge is 2.11. The Hall–Kier alpha value is -1.30. The molecule has 0 spiro atoms. The molecule has 2 rings (SSSR count). The van der Waals surface area contributed by atoms with Crippen molar-refractivity contribution in [3.8, 4) is 0 Å². The second kappa shape index (κ2) is 3.93. The Bertz CT molecular complexity index is 585. The van der Waals surface area contributed by atoms with E-state index in [2.05, 4.69) is 21.0 Å². The second-order valence-corrected chi connectivity index (χ2v) is 4.70. The summed E-state index contributed by atoms with van der Waals surface area (Å²) >= 11 is 3.37. The first kappa shape index (κ1) is 11.2. The van der Waals surface area contributed by atoms with E-state index >= 15 is 0 Å². The van der Waals surface area contributed by atoms with Gasteiger partial charge in [-0.1, -0.05) is 0 Å². The van der Waals surface area contributed by atoms with Crippen molar-refractivity contribution in [2.75, 3.05) is 0 Å². The van der Waals surface area contributed by atoms with E-state index in [-0.39, 0.29) is 11.7 Å². The van der Waals surface area contributed by atoms with Crippen LogP contribution >= 0.6 is 15.9 Å². The fourth-order valence-electron chi connectivity index (χ4n) is 1.44. The van der Waals surface area contributed by atoms with Crippen LogP contribution in [-0.4, -0.2) is 20.6 Å². The Morgan fingerprint density at radius 2 is 2.12 bits per heavy atom. The molecule has 0 aliphatic heterocycles. The van der Waals surface area contributed by atoms with Crippen molar-refractivity contribution in [1.82, 2.24) is 14.5 Å². The van der Waals surface area contributed by atoms with E-state index in [4.69, 9.17) is 4.84 Å². The third-order valence-corrected chi connectivity index (χ3v) is 2.68. The van der Waals surface area contributed by atoms with Crippen LogP contribution in [0.3, 0.4) is 0 Å². The fraction of sp³-hybridized carbons (Fsp3) is 0.400. The summed E-state index contributed by atoms with van der Waals surface area (Å²) in [6, 6.07) is 0. The van der Waals surface area contributed by atoms with Crippen molar-refractivity contribution in [3.05, 3.63) is 27.2 Å². The number of aryl methyl sites for hydroxylation is 1. The topological polar surface area (TPSA) is 49.0 Å². The maximum atomic E-state index is 11.8. The Balaban J connectivity index is 2.65. The maximum Gasteiger partial charge on any atom is 0.261 e. The molecule has 2 heterocycles. The Morgan fingerprint density at radius 1 is 1.44 bits per heavy atom. The summed E-state index contributed by atoms with van der Waals surface area (Å²) in [7, 11) is 1.70. The monoisotopic (exact) mass is 285 g/mol. The first-order valence-corrected chi connectivity index (χ1v) is 5.70. The molecule has 5 nitrogen and oxygen atoms in total. The number of hydrogen-bond donors (Lipinski definition) is 0. The van der Waals surface area contributed by atoms with Crippen molar-refractivity contribution >= 4 is 26.8 Å². The van der Waals surface area contributed by atoms with E-state index in [0.29, 0.717) is 10.9 Å². The van der Waals surface area contributed by atoms with E-state index in [1.54, 1.807) is 19.4 Å². The molecule has 0 amide bonds. The average molecular weight is 286 g/mol. The number of hydrogen-bond acceptors (Lipinski definition) is 3. The molecule has 0 unspecified atom stereocenters. The molecular weight excluding hydrogens is 274 g/mol. The maximum absolute atomic E-state index is 11.8. The highest BCUT2D eigenvalue weighted by molar-refractivity contribution is 9.10. The van der Waals surface area contributed by atoms with E-state index in [1.165, 1.54) is 9.41 Å². The summed E-state index contributed by atoms with van der Waals surface area (Å²) in [5.74, 6) is 0. The summed E-state index contributed by atoms with van der Waals surface area (Å²) in [6.07, 6.45) is 3.30. The zero-order chi connectivity index (χ0) is 11.9. The van der Waals surface area contributed by atoms with Crippen molar-refractivity contribution in [2.45, 2.75) is 20.0 Å². The zero-order valence-electron chi connectivity index (χ0n) is 9.27. The Morgan fingerprint density at radius 3 is 2.75 bits per heavy atom. The molecule has 0 bridgehead atoms. The van der Waals surface area contributed by atoms with Gasteiger partial charge in [0.15, 0.2) is 0 Å². The van der Waals surface area contributed by atoms with Crippen molar-refractivity contribution < 1.29 is 4.84 Å². The molecule has 0 N–H and O–H groups in total. The predicted molar refractivity (Wildman–Crippen MR) is 64.4 cm³/mol. The molecule has 6 heteroatoms. The minimum absolute atomic E-state index is 0.0111. The molecular formula is C10H12BrN3O2. The van der Waals surface area contributed by atoms with E-state index in [0.717, 1.165) is 4.47 Å². The van der Waals surface area contributed by atoms with Crippen LogP contribution in [0.1, 0.15) is 13.8 Å². The van der Waals surface area contributed by atoms with Gasteiger partial charge in [-0.2, -0.15) is 0 Å². The largest absolute Gasteiger partial charge is 0.394 e. The standard InChI is InChI=1S/C10H12BrN3O2/c1-6(2)16-14-4-7-9(12-14)8(11)5-13(3)10(7)15/h4-6H,1-3H3. The smallest absolute Gasteiger partial charge is 0.261 e. The van der Waals surface area contributed by atoms with Crippen LogP contribution in [0.5, 0.6) is 0 Å². The lowest BCUT2D eigenvalue weighted by Gasteiger charge is -2.06. The van der Waals surface area contributed by atoms with Crippen LogP contribution in [-0.2, 0) is 7.05 Å². The van der Waals surface area contributed by atoms with Crippen LogP contribution in [0.25, 0.3) is 10.9 Å². The first-order chi connectivity index (χ1) is 7.49. The Labute approximate surface area is 101 Å². The molecule has 0 fully saturated rings. The third kappa shape index (κ3) is 1.84. The SMILES string of the molecule is CC(C)On1cc2c(=O)n(C)cc(Br)c2n1. The van der Waals surface area contributed by atoms with Gasteiger partial charge in [0.2, 0.25) is 0 Å². The number of pyridine rings is 1. The molecule has 0 radical (unpaired) electrons. The lowest BCUT2D eigenvalue weighted by Crippen LogP contribution is -2.19. The van der Waals surface area contributed by atoms with Crippen LogP contribution < -0.4 is 10.4 Å². The van der Waals surface area contributed by atoms with Crippen molar-refractivity contribution in [2.24, 2.45) is 7.05 Å². The second-order valence-electron chi connectivity index (χ2n) is 3.84. The third-order valence-electron chi connectivity index (χ3n) is 2.10. The number of halogens is 1. The summed E-state index contributed by atoms with van der Waals surface area (Å²) in [5.41, 5.74) is 0.528. The summed E-state index contributed by atoms with van der Waals surface area (Å²) < 4.78 is 2.28. The fourth-order valence-corrected chi connectivity index (χ4v) is 2.04. The summed E-state index contributed by atoms with van der Waals surface area (Å²) in [4.78, 5) is 18.5. The first-order valence-electron chi connectivity index (χ1n) is 4.90. The van der Waals surface area contributed by atoms with Gasteiger partial charge >= 0.3 is 0 Å². The average Bonchev–Trinajstić information content (AvgIpc) is 2.58. The van der Waals surface area contributed by atoms with Crippen LogP contribution in [0.15, 0.2) is 21.7 Å². The molecule has 0 atom stereocenters. The minimum Gasteiger partial charge on any atom is -0.394 e. The van der Waals surface area contributed by atoms with Gasteiger partial charge in [-0.25, -0.2) is 0 Å². The minimum atomic E-state index is -0.0863. The van der Waals surface area contributed by atoms with Crippen LogP contribution in [0.4, 0.5) is 0 Å². The predicted octanol–water partition coefficient (Wildman–Crippen LogP) is 1.33. The van der Waals surface area contributed by atoms with Gasteiger partial charge in [0.1, 0.15) is 11.6 Å². The van der Waals surface area contributed by atoms with E-state index in [9.17, 15) is 4.79 Å². The summed E-state index contributed by atoms with van der Waals surface area (Å²) in [5, 5.41) is 4.73. The van der Waals surface area contributed by atoms with Crippen molar-refractivity contribution in [3.63, 3.8) is 0 Å². The normalized spacial score (nSPS) is 11.3. The zero-order valence-corrected chi connectivity index (χ0v) is 10.9. The molecule has 2 aromatic rings. The molecule has 0 aliphatic carbocycles. The quantitative estimate of drug-likeness (QED) is 0.837. The Kier molecular flexibility index (Phi) is 2.75. The van der Waals surface area contributed by atoms with Gasteiger partial charge in [-0.3, -0.25) is 4.79 Å². The van der Waals surface area contributed by atoms with E-state index < -0.39 is 0 Å². The summed E-state index contributed by atoms with van der Waals surface area (Å²) in [6.45, 7) is 3.80. The van der Waals surface area contributed by atoms with Crippen LogP contribution in [0.2, 0.25) is 0 Å². The molecule has 86 valence electrons. The molecule has 0 aliphatic rings. The molecule has 0 aromatic carbocycles. The lowest BCUT2D eigenvalue weighted by molar-refractivity contribution is 0.0374. The number of aromatic nitrogens is 3. The van der Waals surface area contributed by atoms with Gasteiger partial charge in [-0.15, -0.1) is 9.94 Å². The van der Waals surface area contributed by atoms with Gasteiger partial charge < -0.3 is 9.40 Å². The van der Waals surface area contributed by atoms with E-state index in [1.807, 2.05) is 13.8 Å². The highest BCUT2D eigenvalue weighted by Crippen LogP contribution is 2.18. The molecule has 0 saturated heterocycles.